The van der Waals surface area contributed by atoms with Crippen LogP contribution >= 0.6 is 0 Å². The second-order valence-electron chi connectivity index (χ2n) is 6.81. The van der Waals surface area contributed by atoms with Crippen LogP contribution in [0.1, 0.15) is 29.8 Å². The van der Waals surface area contributed by atoms with Crippen LogP contribution in [-0.2, 0) is 20.9 Å². The summed E-state index contributed by atoms with van der Waals surface area (Å²) in [6.07, 6.45) is 0.692. The topological polar surface area (TPSA) is 118 Å². The number of ether oxygens (including phenoxy) is 2. The van der Waals surface area contributed by atoms with Crippen molar-refractivity contribution in [2.75, 3.05) is 6.61 Å². The molecule has 0 unspecified atom stereocenters. The molecule has 0 saturated carbocycles. The zero-order valence-corrected chi connectivity index (χ0v) is 17.5. The molecule has 0 radical (unpaired) electrons. The summed E-state index contributed by atoms with van der Waals surface area (Å²) in [4.78, 5) is 46.5. The fourth-order valence-corrected chi connectivity index (χ4v) is 3.19. The number of rotatable bonds is 6. The van der Waals surface area contributed by atoms with Crippen molar-refractivity contribution >= 4 is 28.5 Å². The zero-order chi connectivity index (χ0) is 25.3. The van der Waals surface area contributed by atoms with Gasteiger partial charge in [0.05, 0.1) is 28.1 Å². The van der Waals surface area contributed by atoms with Crippen molar-refractivity contribution in [2.24, 2.45) is 0 Å². The van der Waals surface area contributed by atoms with Gasteiger partial charge in [-0.05, 0) is 19.1 Å². The van der Waals surface area contributed by atoms with Crippen LogP contribution in [-0.4, -0.2) is 28.0 Å². The number of nitrogens with zero attached hydrogens (tertiary/aromatic N) is 2. The number of fused-ring (bicyclic) bond motifs is 1. The molecule has 178 valence electrons. The number of carbonyl (C=O) groups excluding carboxylic acids is 2. The summed E-state index contributed by atoms with van der Waals surface area (Å²) in [6.45, 7) is 1.59. The van der Waals surface area contributed by atoms with Crippen molar-refractivity contribution in [2.45, 2.75) is 20.5 Å². The van der Waals surface area contributed by atoms with Gasteiger partial charge in [-0.3, -0.25) is 19.7 Å². The number of carbonyl (C=O) groups is 2. The third-order valence-electron chi connectivity index (χ3n) is 4.66. The van der Waals surface area contributed by atoms with E-state index in [1.807, 2.05) is 0 Å². The van der Waals surface area contributed by atoms with Crippen LogP contribution in [0, 0.1) is 33.4 Å². The van der Waals surface area contributed by atoms with Crippen molar-refractivity contribution < 1.29 is 41.5 Å². The average Bonchev–Trinajstić information content (AvgIpc) is 2.76. The SMILES string of the molecule is CCOC(=O)c1cn(-c2cc([N+](=O)[O-])c(F)cc2COC(C)=O)c2c(F)c(F)c(F)cc2c1=O. The molecule has 0 saturated heterocycles. The first kappa shape index (κ1) is 24.4. The quantitative estimate of drug-likeness (QED) is 0.173. The number of aromatic nitrogens is 1. The third kappa shape index (κ3) is 4.31. The Morgan fingerprint density at radius 3 is 2.32 bits per heavy atom. The molecule has 2 aromatic carbocycles. The highest BCUT2D eigenvalue weighted by Crippen LogP contribution is 2.30. The van der Waals surface area contributed by atoms with E-state index in [1.165, 1.54) is 6.92 Å². The molecule has 3 rings (SSSR count). The fourth-order valence-electron chi connectivity index (χ4n) is 3.19. The van der Waals surface area contributed by atoms with Crippen LogP contribution in [0.3, 0.4) is 0 Å². The van der Waals surface area contributed by atoms with Crippen LogP contribution in [0.5, 0.6) is 0 Å². The number of hydrogen-bond acceptors (Lipinski definition) is 7. The predicted molar refractivity (Wildman–Crippen MR) is 107 cm³/mol. The van der Waals surface area contributed by atoms with Crippen molar-refractivity contribution in [3.8, 4) is 5.69 Å². The summed E-state index contributed by atoms with van der Waals surface area (Å²) >= 11 is 0. The average molecular weight is 482 g/mol. The molecule has 0 aliphatic heterocycles. The lowest BCUT2D eigenvalue weighted by atomic mass is 10.1. The molecule has 1 heterocycles. The van der Waals surface area contributed by atoms with Crippen LogP contribution in [0.2, 0.25) is 0 Å². The van der Waals surface area contributed by atoms with Gasteiger partial charge in [0, 0.05) is 24.8 Å². The molecule has 9 nitrogen and oxygen atoms in total. The van der Waals surface area contributed by atoms with E-state index in [1.54, 1.807) is 0 Å². The standard InChI is InChI=1S/C21H14F4N2O7/c1-3-33-21(30)12-7-26(19-11(20(12)29)5-14(23)17(24)18(19)25)15-6-16(27(31)32)13(22)4-10(15)8-34-9(2)28/h4-7H,3,8H2,1-2H3. The molecule has 34 heavy (non-hydrogen) atoms. The highest BCUT2D eigenvalue weighted by molar-refractivity contribution is 5.94. The Bertz CT molecular complexity index is 1420. The van der Waals surface area contributed by atoms with Gasteiger partial charge in [0.25, 0.3) is 0 Å². The van der Waals surface area contributed by atoms with E-state index in [0.717, 1.165) is 6.92 Å². The number of esters is 2. The van der Waals surface area contributed by atoms with E-state index in [0.29, 0.717) is 29.0 Å². The molecule has 0 amide bonds. The molecule has 0 spiro atoms. The number of benzene rings is 2. The Kier molecular flexibility index (Phi) is 6.66. The maximum Gasteiger partial charge on any atom is 0.343 e. The molecule has 0 N–H and O–H groups in total. The van der Waals surface area contributed by atoms with E-state index < -0.39 is 80.0 Å². The van der Waals surface area contributed by atoms with E-state index in [9.17, 15) is 42.1 Å². The highest BCUT2D eigenvalue weighted by Gasteiger charge is 2.27. The molecule has 0 fully saturated rings. The van der Waals surface area contributed by atoms with Crippen molar-refractivity contribution in [1.29, 1.82) is 0 Å². The van der Waals surface area contributed by atoms with Crippen molar-refractivity contribution in [3.63, 3.8) is 0 Å². The number of nitro groups is 1. The minimum absolute atomic E-state index is 0.178. The maximum absolute atomic E-state index is 14.9. The summed E-state index contributed by atoms with van der Waals surface area (Å²) in [5.74, 6) is -8.92. The van der Waals surface area contributed by atoms with Gasteiger partial charge < -0.3 is 14.0 Å². The molecule has 13 heteroatoms. The van der Waals surface area contributed by atoms with E-state index in [4.69, 9.17) is 9.47 Å². The van der Waals surface area contributed by atoms with Gasteiger partial charge in [0.2, 0.25) is 11.2 Å². The van der Waals surface area contributed by atoms with Gasteiger partial charge in [0.1, 0.15) is 12.2 Å². The number of pyridine rings is 1. The van der Waals surface area contributed by atoms with Crippen molar-refractivity contribution in [3.05, 3.63) is 79.1 Å². The minimum Gasteiger partial charge on any atom is -0.462 e. The maximum atomic E-state index is 14.9. The summed E-state index contributed by atoms with van der Waals surface area (Å²) in [7, 11) is 0. The molecular formula is C21H14F4N2O7. The second kappa shape index (κ2) is 9.29. The third-order valence-corrected chi connectivity index (χ3v) is 4.66. The Hall–Kier alpha value is -4.29. The molecule has 0 aliphatic carbocycles. The van der Waals surface area contributed by atoms with Gasteiger partial charge in [0.15, 0.2) is 17.5 Å². The van der Waals surface area contributed by atoms with Gasteiger partial charge >= 0.3 is 17.6 Å². The van der Waals surface area contributed by atoms with E-state index >= 15 is 0 Å². The van der Waals surface area contributed by atoms with Crippen LogP contribution < -0.4 is 5.43 Å². The van der Waals surface area contributed by atoms with Gasteiger partial charge in [-0.15, -0.1) is 0 Å². The first-order valence-electron chi connectivity index (χ1n) is 9.48. The fraction of sp³-hybridized carbons (Fsp3) is 0.190. The monoisotopic (exact) mass is 482 g/mol. The van der Waals surface area contributed by atoms with Crippen LogP contribution in [0.4, 0.5) is 23.2 Å². The summed E-state index contributed by atoms with van der Waals surface area (Å²) < 4.78 is 67.4. The molecule has 0 aliphatic rings. The number of hydrogen-bond donors (Lipinski definition) is 0. The first-order chi connectivity index (χ1) is 16.0. The Morgan fingerprint density at radius 1 is 1.06 bits per heavy atom. The number of nitro benzene ring substituents is 1. The minimum atomic E-state index is -1.97. The van der Waals surface area contributed by atoms with Gasteiger partial charge in [-0.2, -0.15) is 4.39 Å². The first-order valence-corrected chi connectivity index (χ1v) is 9.48. The van der Waals surface area contributed by atoms with Crippen molar-refractivity contribution in [1.82, 2.24) is 4.57 Å². The van der Waals surface area contributed by atoms with Crippen LogP contribution in [0.25, 0.3) is 16.6 Å². The Labute approximate surface area is 187 Å². The normalized spacial score (nSPS) is 10.9. The molecule has 0 bridgehead atoms. The molecule has 0 atom stereocenters. The smallest absolute Gasteiger partial charge is 0.343 e. The lowest BCUT2D eigenvalue weighted by Crippen LogP contribution is -2.22. The molecule has 3 aromatic rings. The summed E-state index contributed by atoms with van der Waals surface area (Å²) in [5.41, 5.74) is -4.68. The zero-order valence-electron chi connectivity index (χ0n) is 17.5. The Balaban J connectivity index is 2.52. The number of halogens is 4. The lowest BCUT2D eigenvalue weighted by molar-refractivity contribution is -0.387. The summed E-state index contributed by atoms with van der Waals surface area (Å²) in [5, 5.41) is 10.5. The van der Waals surface area contributed by atoms with Crippen LogP contribution in [0.15, 0.2) is 29.2 Å². The predicted octanol–water partition coefficient (Wildman–Crippen LogP) is 3.70. The molecular weight excluding hydrogens is 468 g/mol. The lowest BCUT2D eigenvalue weighted by Gasteiger charge is -2.18. The highest BCUT2D eigenvalue weighted by atomic mass is 19.2. The van der Waals surface area contributed by atoms with Gasteiger partial charge in [-0.1, -0.05) is 0 Å². The largest absolute Gasteiger partial charge is 0.462 e. The van der Waals surface area contributed by atoms with E-state index in [-0.39, 0.29) is 12.2 Å². The summed E-state index contributed by atoms with van der Waals surface area (Å²) in [6, 6.07) is 1.56. The van der Waals surface area contributed by atoms with E-state index in [2.05, 4.69) is 0 Å². The second-order valence-corrected chi connectivity index (χ2v) is 6.81. The molecule has 1 aromatic heterocycles. The Morgan fingerprint density at radius 2 is 1.74 bits per heavy atom. The van der Waals surface area contributed by atoms with Gasteiger partial charge in [-0.25, -0.2) is 18.0 Å².